The van der Waals surface area contributed by atoms with Crippen molar-refractivity contribution in [3.63, 3.8) is 0 Å². The first-order chi connectivity index (χ1) is 10.5. The summed E-state index contributed by atoms with van der Waals surface area (Å²) in [5.41, 5.74) is 2.43. The van der Waals surface area contributed by atoms with E-state index in [2.05, 4.69) is 10.3 Å². The van der Waals surface area contributed by atoms with Gasteiger partial charge in [0.25, 0.3) is 5.91 Å². The predicted octanol–water partition coefficient (Wildman–Crippen LogP) is 2.96. The molecule has 0 spiro atoms. The topological polar surface area (TPSA) is 62.2 Å². The first-order valence-electron chi connectivity index (χ1n) is 7.02. The van der Waals surface area contributed by atoms with Gasteiger partial charge in [0.2, 0.25) is 0 Å². The van der Waals surface area contributed by atoms with Gasteiger partial charge in [0.1, 0.15) is 0 Å². The number of hydrogen-bond donors (Lipinski definition) is 2. The second-order valence-corrected chi connectivity index (χ2v) is 7.19. The molecule has 1 amide bonds. The quantitative estimate of drug-likeness (QED) is 0.851. The number of thiazole rings is 1. The van der Waals surface area contributed by atoms with Crippen LogP contribution in [0.5, 0.6) is 0 Å². The Labute approximate surface area is 139 Å². The average Bonchev–Trinajstić information content (AvgIpc) is 2.95. The van der Waals surface area contributed by atoms with Crippen molar-refractivity contribution in [1.29, 1.82) is 0 Å². The molecular weight excluding hydrogens is 316 g/mol. The molecule has 1 heterocycles. The fourth-order valence-corrected chi connectivity index (χ4v) is 3.38. The molecule has 0 saturated heterocycles. The molecule has 1 aromatic carbocycles. The molecule has 0 bridgehead atoms. The molecule has 0 aliphatic heterocycles. The first-order valence-corrected chi connectivity index (χ1v) is 9.19. The number of nitrogens with one attached hydrogen (secondary N) is 1. The van der Waals surface area contributed by atoms with Crippen LogP contribution < -0.4 is 5.32 Å². The third kappa shape index (κ3) is 4.09. The number of aliphatic hydroxyl groups excluding tert-OH is 1. The van der Waals surface area contributed by atoms with Gasteiger partial charge in [0, 0.05) is 27.8 Å². The van der Waals surface area contributed by atoms with Gasteiger partial charge in [0.05, 0.1) is 17.3 Å². The number of thioether (sulfide) groups is 1. The van der Waals surface area contributed by atoms with Crippen molar-refractivity contribution >= 4 is 29.0 Å². The van der Waals surface area contributed by atoms with Crippen molar-refractivity contribution < 1.29 is 9.90 Å². The van der Waals surface area contributed by atoms with Crippen LogP contribution in [-0.2, 0) is 0 Å². The Kier molecular flexibility index (Phi) is 5.99. The van der Waals surface area contributed by atoms with E-state index < -0.39 is 0 Å². The lowest BCUT2D eigenvalue weighted by molar-refractivity contribution is 0.0936. The molecule has 2 rings (SSSR count). The number of aryl methyl sites for hydroxylation is 1. The lowest BCUT2D eigenvalue weighted by atomic mass is 10.1. The lowest BCUT2D eigenvalue weighted by Crippen LogP contribution is -2.41. The average molecular weight is 336 g/mol. The van der Waals surface area contributed by atoms with E-state index in [0.29, 0.717) is 5.56 Å². The zero-order valence-corrected chi connectivity index (χ0v) is 14.5. The molecule has 2 N–H and O–H groups in total. The third-order valence-electron chi connectivity index (χ3n) is 3.44. The number of aromatic nitrogens is 1. The highest BCUT2D eigenvalue weighted by atomic mass is 32.2. The maximum atomic E-state index is 12.4. The molecule has 2 unspecified atom stereocenters. The van der Waals surface area contributed by atoms with Crippen LogP contribution in [0.1, 0.15) is 22.3 Å². The number of benzene rings is 1. The molecule has 0 radical (unpaired) electrons. The van der Waals surface area contributed by atoms with Crippen LogP contribution in [0.3, 0.4) is 0 Å². The molecule has 0 aliphatic rings. The number of carbonyl (C=O) groups is 1. The summed E-state index contributed by atoms with van der Waals surface area (Å²) in [5, 5.41) is 15.2. The molecule has 0 saturated carbocycles. The van der Waals surface area contributed by atoms with Gasteiger partial charge >= 0.3 is 0 Å². The Morgan fingerprint density at radius 1 is 1.50 bits per heavy atom. The van der Waals surface area contributed by atoms with Gasteiger partial charge in [-0.1, -0.05) is 12.1 Å². The Bertz CT molecular complexity index is 639. The van der Waals surface area contributed by atoms with E-state index in [4.69, 9.17) is 0 Å². The maximum Gasteiger partial charge on any atom is 0.251 e. The van der Waals surface area contributed by atoms with E-state index in [-0.39, 0.29) is 23.8 Å². The van der Waals surface area contributed by atoms with Crippen molar-refractivity contribution in [2.45, 2.75) is 25.1 Å². The molecule has 6 heteroatoms. The minimum atomic E-state index is -0.131. The van der Waals surface area contributed by atoms with Crippen LogP contribution in [0.25, 0.3) is 11.3 Å². The van der Waals surface area contributed by atoms with Crippen LogP contribution in [0, 0.1) is 6.92 Å². The van der Waals surface area contributed by atoms with Crippen LogP contribution in [0.15, 0.2) is 29.6 Å². The molecule has 2 aromatic rings. The predicted molar refractivity (Wildman–Crippen MR) is 93.6 cm³/mol. The summed E-state index contributed by atoms with van der Waals surface area (Å²) < 4.78 is 0. The first kappa shape index (κ1) is 17.0. The van der Waals surface area contributed by atoms with Gasteiger partial charge in [-0.2, -0.15) is 11.8 Å². The van der Waals surface area contributed by atoms with Crippen LogP contribution in [-0.4, -0.2) is 40.2 Å². The largest absolute Gasteiger partial charge is 0.395 e. The summed E-state index contributed by atoms with van der Waals surface area (Å²) in [6.07, 6.45) is 1.93. The van der Waals surface area contributed by atoms with Gasteiger partial charge in [-0.25, -0.2) is 4.98 Å². The van der Waals surface area contributed by atoms with E-state index in [0.717, 1.165) is 16.3 Å². The normalized spacial score (nSPS) is 13.6. The van der Waals surface area contributed by atoms with Gasteiger partial charge < -0.3 is 10.4 Å². The highest BCUT2D eigenvalue weighted by Crippen LogP contribution is 2.22. The fraction of sp³-hybridized carbons (Fsp3) is 0.375. The number of carbonyl (C=O) groups excluding carboxylic acids is 1. The van der Waals surface area contributed by atoms with Gasteiger partial charge in [-0.15, -0.1) is 11.3 Å². The molecular formula is C16H20N2O2S2. The standard InChI is InChI=1S/C16H20N2O2S2/c1-10(15(8-19)21-3)17-16(20)13-6-4-5-12(7-13)14-9-22-11(2)18-14/h4-7,9-10,15,19H,8H2,1-3H3,(H,17,20). The van der Waals surface area contributed by atoms with Crippen molar-refractivity contribution in [2.24, 2.45) is 0 Å². The Morgan fingerprint density at radius 3 is 2.86 bits per heavy atom. The minimum Gasteiger partial charge on any atom is -0.395 e. The molecule has 4 nitrogen and oxygen atoms in total. The summed E-state index contributed by atoms with van der Waals surface area (Å²) in [7, 11) is 0. The highest BCUT2D eigenvalue weighted by molar-refractivity contribution is 7.99. The molecule has 22 heavy (non-hydrogen) atoms. The number of amides is 1. The summed E-state index contributed by atoms with van der Waals surface area (Å²) in [5.74, 6) is -0.131. The van der Waals surface area contributed by atoms with Crippen molar-refractivity contribution in [3.8, 4) is 11.3 Å². The number of rotatable bonds is 6. The van der Waals surface area contributed by atoms with E-state index in [1.165, 1.54) is 0 Å². The van der Waals surface area contributed by atoms with Gasteiger partial charge in [0.15, 0.2) is 0 Å². The molecule has 1 aromatic heterocycles. The van der Waals surface area contributed by atoms with E-state index >= 15 is 0 Å². The van der Waals surface area contributed by atoms with Crippen molar-refractivity contribution in [3.05, 3.63) is 40.2 Å². The second kappa shape index (κ2) is 7.76. The Hall–Kier alpha value is -1.37. The minimum absolute atomic E-state index is 0.00618. The molecule has 2 atom stereocenters. The molecule has 118 valence electrons. The number of nitrogens with zero attached hydrogens (tertiary/aromatic N) is 1. The maximum absolute atomic E-state index is 12.4. The summed E-state index contributed by atoms with van der Waals surface area (Å²) in [6.45, 7) is 3.91. The zero-order chi connectivity index (χ0) is 16.1. The highest BCUT2D eigenvalue weighted by Gasteiger charge is 2.18. The Morgan fingerprint density at radius 2 is 2.27 bits per heavy atom. The SMILES string of the molecule is CSC(CO)C(C)NC(=O)c1cccc(-c2csc(C)n2)c1. The summed E-state index contributed by atoms with van der Waals surface area (Å²) in [4.78, 5) is 16.8. The Balaban J connectivity index is 2.14. The fourth-order valence-electron chi connectivity index (χ4n) is 2.14. The van der Waals surface area contributed by atoms with Gasteiger partial charge in [-0.3, -0.25) is 4.79 Å². The van der Waals surface area contributed by atoms with Crippen LogP contribution >= 0.6 is 23.1 Å². The van der Waals surface area contributed by atoms with Crippen LogP contribution in [0.2, 0.25) is 0 Å². The van der Waals surface area contributed by atoms with Gasteiger partial charge in [-0.05, 0) is 32.2 Å². The third-order valence-corrected chi connectivity index (χ3v) is 5.38. The second-order valence-electron chi connectivity index (χ2n) is 5.05. The summed E-state index contributed by atoms with van der Waals surface area (Å²) >= 11 is 3.14. The number of aliphatic hydroxyl groups is 1. The summed E-state index contributed by atoms with van der Waals surface area (Å²) in [6, 6.07) is 7.36. The van der Waals surface area contributed by atoms with E-state index in [1.54, 1.807) is 29.2 Å². The van der Waals surface area contributed by atoms with E-state index in [9.17, 15) is 9.90 Å². The molecule has 0 aliphatic carbocycles. The van der Waals surface area contributed by atoms with Crippen LogP contribution in [0.4, 0.5) is 0 Å². The van der Waals surface area contributed by atoms with Crippen molar-refractivity contribution in [2.75, 3.05) is 12.9 Å². The van der Waals surface area contributed by atoms with Crippen molar-refractivity contribution in [1.82, 2.24) is 10.3 Å². The van der Waals surface area contributed by atoms with E-state index in [1.807, 2.05) is 43.7 Å². The monoisotopic (exact) mass is 336 g/mol. The lowest BCUT2D eigenvalue weighted by Gasteiger charge is -2.21. The number of hydrogen-bond acceptors (Lipinski definition) is 5. The smallest absolute Gasteiger partial charge is 0.251 e. The zero-order valence-electron chi connectivity index (χ0n) is 12.9. The molecule has 0 fully saturated rings.